The lowest BCUT2D eigenvalue weighted by atomic mass is 9.79. The lowest BCUT2D eigenvalue weighted by molar-refractivity contribution is -0.139. The maximum absolute atomic E-state index is 11.7. The zero-order valence-electron chi connectivity index (χ0n) is 22.8. The number of carboxylic acids is 1. The van der Waals surface area contributed by atoms with E-state index in [1.165, 1.54) is 24.0 Å². The summed E-state index contributed by atoms with van der Waals surface area (Å²) < 4.78 is 5.37. The molecule has 0 spiro atoms. The first-order valence-corrected chi connectivity index (χ1v) is 14.0. The summed E-state index contributed by atoms with van der Waals surface area (Å²) in [6, 6.07) is 16.2. The van der Waals surface area contributed by atoms with E-state index in [2.05, 4.69) is 41.1 Å². The molecule has 0 unspecified atom stereocenters. The molecule has 3 atom stereocenters. The van der Waals surface area contributed by atoms with Gasteiger partial charge in [-0.3, -0.25) is 9.78 Å². The Labute approximate surface area is 226 Å². The number of rotatable bonds is 13. The van der Waals surface area contributed by atoms with E-state index in [0.717, 1.165) is 67.5 Å². The van der Waals surface area contributed by atoms with Crippen LogP contribution in [0.2, 0.25) is 0 Å². The maximum Gasteiger partial charge on any atom is 0.303 e. The number of fused-ring (bicyclic) bond motifs is 1. The molecule has 4 rings (SSSR count). The number of aliphatic carboxylic acids is 1. The summed E-state index contributed by atoms with van der Waals surface area (Å²) in [6.07, 6.45) is 8.37. The lowest BCUT2D eigenvalue weighted by Crippen LogP contribution is -2.41. The smallest absolute Gasteiger partial charge is 0.303 e. The summed E-state index contributed by atoms with van der Waals surface area (Å²) in [5, 5.41) is 21.6. The fraction of sp³-hybridized carbons (Fsp3) is 0.500. The van der Waals surface area contributed by atoms with Gasteiger partial charge in [0.15, 0.2) is 0 Å². The van der Waals surface area contributed by atoms with Gasteiger partial charge in [0, 0.05) is 24.5 Å². The Morgan fingerprint density at radius 2 is 1.97 bits per heavy atom. The fourth-order valence-electron chi connectivity index (χ4n) is 6.00. The molecule has 1 saturated heterocycles. The number of carbonyl (C=O) groups is 1. The van der Waals surface area contributed by atoms with E-state index >= 15 is 0 Å². The van der Waals surface area contributed by atoms with Gasteiger partial charge in [0.1, 0.15) is 5.75 Å². The Balaban J connectivity index is 1.28. The van der Waals surface area contributed by atoms with Crippen molar-refractivity contribution < 1.29 is 19.7 Å². The maximum atomic E-state index is 11.7. The summed E-state index contributed by atoms with van der Waals surface area (Å²) in [7, 11) is 1.63. The Hall–Kier alpha value is -2.96. The van der Waals surface area contributed by atoms with Crippen molar-refractivity contribution in [2.75, 3.05) is 26.7 Å². The van der Waals surface area contributed by atoms with Gasteiger partial charge >= 0.3 is 5.97 Å². The van der Waals surface area contributed by atoms with E-state index in [1.54, 1.807) is 13.3 Å². The van der Waals surface area contributed by atoms with E-state index in [9.17, 15) is 15.0 Å². The number of hydrogen-bond donors (Lipinski definition) is 2. The number of aliphatic hydroxyl groups is 1. The predicted octanol–water partition coefficient (Wildman–Crippen LogP) is 6.19. The highest BCUT2D eigenvalue weighted by Crippen LogP contribution is 2.35. The number of aliphatic hydroxyl groups excluding tert-OH is 1. The molecule has 0 radical (unpaired) electrons. The second-order valence-corrected chi connectivity index (χ2v) is 10.8. The number of likely N-dealkylation sites (tertiary alicyclic amines) is 1. The quantitative estimate of drug-likeness (QED) is 0.263. The van der Waals surface area contributed by atoms with E-state index in [-0.39, 0.29) is 12.3 Å². The van der Waals surface area contributed by atoms with Gasteiger partial charge in [0.2, 0.25) is 0 Å². The minimum atomic E-state index is -0.729. The average Bonchev–Trinajstić information content (AvgIpc) is 2.92. The number of hydrogen-bond acceptors (Lipinski definition) is 5. The van der Waals surface area contributed by atoms with Crippen molar-refractivity contribution >= 4 is 16.9 Å². The summed E-state index contributed by atoms with van der Waals surface area (Å²) in [5.41, 5.74) is 4.49. The molecule has 1 aromatic heterocycles. The molecular weight excluding hydrogens is 476 g/mol. The number of methoxy groups -OCH3 is 1. The Morgan fingerprint density at radius 3 is 2.76 bits per heavy atom. The van der Waals surface area contributed by atoms with Crippen LogP contribution in [0.4, 0.5) is 0 Å². The van der Waals surface area contributed by atoms with Crippen molar-refractivity contribution in [1.82, 2.24) is 9.88 Å². The molecule has 0 aliphatic carbocycles. The van der Waals surface area contributed by atoms with Crippen molar-refractivity contribution in [3.63, 3.8) is 0 Å². The van der Waals surface area contributed by atoms with Crippen LogP contribution >= 0.6 is 0 Å². The van der Waals surface area contributed by atoms with Crippen molar-refractivity contribution in [2.45, 2.75) is 64.4 Å². The molecule has 1 aliphatic rings. The van der Waals surface area contributed by atoms with Gasteiger partial charge in [-0.25, -0.2) is 0 Å². The number of unbranched alkanes of at least 4 members (excludes halogenated alkanes) is 2. The monoisotopic (exact) mass is 518 g/mol. The number of nitrogens with zero attached hydrogens (tertiary/aromatic N) is 2. The number of benzene rings is 2. The van der Waals surface area contributed by atoms with Crippen LogP contribution in [0.1, 0.15) is 67.7 Å². The fourth-order valence-corrected chi connectivity index (χ4v) is 6.00. The van der Waals surface area contributed by atoms with Gasteiger partial charge < -0.3 is 19.8 Å². The SMILES string of the molecule is COc1ccc2nccc([C@@H](O)CC[C@@H]3CCN(CCCCCc4ccccc4C)C[C@@H]3CC(=O)O)c2c1. The van der Waals surface area contributed by atoms with E-state index in [0.29, 0.717) is 12.3 Å². The van der Waals surface area contributed by atoms with Crippen molar-refractivity contribution in [1.29, 1.82) is 0 Å². The third-order valence-corrected chi connectivity index (χ3v) is 8.25. The first kappa shape index (κ1) is 28.1. The molecule has 6 heteroatoms. The van der Waals surface area contributed by atoms with Crippen molar-refractivity contribution in [3.05, 3.63) is 71.4 Å². The van der Waals surface area contributed by atoms with Crippen LogP contribution in [0.5, 0.6) is 5.75 Å². The molecule has 2 aromatic carbocycles. The average molecular weight is 519 g/mol. The molecule has 1 fully saturated rings. The molecular formula is C32H42N2O4. The van der Waals surface area contributed by atoms with Crippen LogP contribution in [0.3, 0.4) is 0 Å². The topological polar surface area (TPSA) is 82.9 Å². The number of piperidine rings is 1. The second kappa shape index (κ2) is 13.7. The highest BCUT2D eigenvalue weighted by Gasteiger charge is 2.31. The molecule has 38 heavy (non-hydrogen) atoms. The number of pyridine rings is 1. The van der Waals surface area contributed by atoms with Gasteiger partial charge in [-0.05, 0) is 111 Å². The van der Waals surface area contributed by atoms with Crippen LogP contribution < -0.4 is 4.74 Å². The molecule has 2 heterocycles. The largest absolute Gasteiger partial charge is 0.497 e. The first-order valence-electron chi connectivity index (χ1n) is 14.0. The third kappa shape index (κ3) is 7.55. The zero-order valence-corrected chi connectivity index (χ0v) is 22.8. The van der Waals surface area contributed by atoms with Gasteiger partial charge in [-0.1, -0.05) is 30.7 Å². The lowest BCUT2D eigenvalue weighted by Gasteiger charge is -2.38. The van der Waals surface area contributed by atoms with Gasteiger partial charge in [-0.15, -0.1) is 0 Å². The molecule has 1 aliphatic heterocycles. The van der Waals surface area contributed by atoms with Crippen LogP contribution in [0.15, 0.2) is 54.7 Å². The predicted molar refractivity (Wildman–Crippen MR) is 152 cm³/mol. The second-order valence-electron chi connectivity index (χ2n) is 10.8. The minimum absolute atomic E-state index is 0.120. The van der Waals surface area contributed by atoms with Crippen LogP contribution in [0, 0.1) is 18.8 Å². The van der Waals surface area contributed by atoms with E-state index in [4.69, 9.17) is 4.74 Å². The van der Waals surface area contributed by atoms with Crippen LogP contribution in [0.25, 0.3) is 10.9 Å². The summed E-state index contributed by atoms with van der Waals surface area (Å²) >= 11 is 0. The molecule has 2 N–H and O–H groups in total. The summed E-state index contributed by atoms with van der Waals surface area (Å²) in [5.74, 6) is 0.436. The summed E-state index contributed by atoms with van der Waals surface area (Å²) in [6.45, 7) is 5.05. The number of carboxylic acid groups (broad SMARTS) is 1. The van der Waals surface area contributed by atoms with Crippen molar-refractivity contribution in [3.8, 4) is 5.75 Å². The standard InChI is InChI=1S/C32H42N2O4/c1-23-8-5-6-10-24(23)9-4-3-7-18-34-19-16-25(26(22-34)20-32(36)37)11-14-31(35)28-15-17-33-30-13-12-27(38-2)21-29(28)30/h5-6,8,10,12-13,15,17,21,25-26,31,35H,3-4,7,9,11,14,16,18-20,22H2,1-2H3,(H,36,37)/t25-,26+,31+/m1/s1. The van der Waals surface area contributed by atoms with Gasteiger partial charge in [0.25, 0.3) is 0 Å². The minimum Gasteiger partial charge on any atom is -0.497 e. The number of ether oxygens (including phenoxy) is 1. The number of aromatic nitrogens is 1. The summed E-state index contributed by atoms with van der Waals surface area (Å²) in [4.78, 5) is 18.5. The van der Waals surface area contributed by atoms with Crippen LogP contribution in [-0.4, -0.2) is 52.8 Å². The molecule has 6 nitrogen and oxygen atoms in total. The van der Waals surface area contributed by atoms with Gasteiger partial charge in [-0.2, -0.15) is 0 Å². The first-order chi connectivity index (χ1) is 18.4. The Bertz CT molecular complexity index is 1200. The molecule has 3 aromatic rings. The zero-order chi connectivity index (χ0) is 26.9. The van der Waals surface area contributed by atoms with Crippen molar-refractivity contribution in [2.24, 2.45) is 11.8 Å². The highest BCUT2D eigenvalue weighted by molar-refractivity contribution is 5.83. The Morgan fingerprint density at radius 1 is 1.13 bits per heavy atom. The number of aryl methyl sites for hydroxylation is 2. The molecule has 0 saturated carbocycles. The van der Waals surface area contributed by atoms with E-state index in [1.807, 2.05) is 24.3 Å². The van der Waals surface area contributed by atoms with Gasteiger partial charge in [0.05, 0.1) is 18.7 Å². The molecule has 0 bridgehead atoms. The molecule has 204 valence electrons. The normalized spacial score (nSPS) is 18.9. The highest BCUT2D eigenvalue weighted by atomic mass is 16.5. The third-order valence-electron chi connectivity index (χ3n) is 8.25. The molecule has 0 amide bonds. The van der Waals surface area contributed by atoms with E-state index < -0.39 is 12.1 Å². The van der Waals surface area contributed by atoms with Crippen LogP contribution in [-0.2, 0) is 11.2 Å². The Kier molecular flexibility index (Phi) is 10.1.